The number of anilines is 2. The van der Waals surface area contributed by atoms with Gasteiger partial charge in [-0.2, -0.15) is 0 Å². The molecule has 1 amide bonds. The summed E-state index contributed by atoms with van der Waals surface area (Å²) in [5.41, 5.74) is 0.736. The molecule has 0 saturated heterocycles. The van der Waals surface area contributed by atoms with E-state index in [-0.39, 0.29) is 12.5 Å². The normalized spacial score (nSPS) is 10.6. The monoisotopic (exact) mass is 342 g/mol. The topological polar surface area (TPSA) is 67.4 Å². The quantitative estimate of drug-likeness (QED) is 0.745. The van der Waals surface area contributed by atoms with Gasteiger partial charge < -0.3 is 15.0 Å². The number of rotatable bonds is 6. The van der Waals surface area contributed by atoms with Gasteiger partial charge in [-0.15, -0.1) is 11.3 Å². The van der Waals surface area contributed by atoms with Crippen LogP contribution in [0, 0.1) is 0 Å². The maximum Gasteiger partial charge on any atom is 0.243 e. The van der Waals surface area contributed by atoms with Crippen LogP contribution in [0.25, 0.3) is 10.2 Å². The van der Waals surface area contributed by atoms with Gasteiger partial charge in [-0.05, 0) is 42.6 Å². The molecule has 2 heterocycles. The molecule has 0 radical (unpaired) electrons. The third-order valence-corrected chi connectivity index (χ3v) is 4.45. The standard InChI is InChI=1S/C17H18N4O2S/c1-3-21(16-14-8-9-24-17(14)19-11-18-16)10-15(22)20-12-4-6-13(23-2)7-5-12/h4-9,11H,3,10H2,1-2H3,(H,20,22). The molecule has 124 valence electrons. The molecule has 0 bridgehead atoms. The number of hydrogen-bond acceptors (Lipinski definition) is 6. The lowest BCUT2D eigenvalue weighted by Gasteiger charge is -2.21. The maximum absolute atomic E-state index is 12.4. The number of hydrogen-bond donors (Lipinski definition) is 1. The van der Waals surface area contributed by atoms with Crippen LogP contribution in [-0.2, 0) is 4.79 Å². The minimum atomic E-state index is -0.0935. The first kappa shape index (κ1) is 16.2. The van der Waals surface area contributed by atoms with Crippen molar-refractivity contribution in [2.75, 3.05) is 30.4 Å². The maximum atomic E-state index is 12.4. The van der Waals surface area contributed by atoms with Crippen LogP contribution >= 0.6 is 11.3 Å². The number of carbonyl (C=O) groups excluding carboxylic acids is 1. The lowest BCUT2D eigenvalue weighted by molar-refractivity contribution is -0.115. The fourth-order valence-electron chi connectivity index (χ4n) is 2.41. The highest BCUT2D eigenvalue weighted by molar-refractivity contribution is 7.16. The van der Waals surface area contributed by atoms with Crippen molar-refractivity contribution in [2.24, 2.45) is 0 Å². The Morgan fingerprint density at radius 1 is 1.25 bits per heavy atom. The summed E-state index contributed by atoms with van der Waals surface area (Å²) in [7, 11) is 1.61. The van der Waals surface area contributed by atoms with E-state index in [2.05, 4.69) is 15.3 Å². The second-order valence-electron chi connectivity index (χ2n) is 5.13. The summed E-state index contributed by atoms with van der Waals surface area (Å²) in [6.45, 7) is 2.91. The fourth-order valence-corrected chi connectivity index (χ4v) is 3.14. The Morgan fingerprint density at radius 3 is 2.75 bits per heavy atom. The summed E-state index contributed by atoms with van der Waals surface area (Å²) in [4.78, 5) is 23.8. The predicted molar refractivity (Wildman–Crippen MR) is 96.9 cm³/mol. The molecule has 0 saturated carbocycles. The minimum Gasteiger partial charge on any atom is -0.497 e. The molecule has 0 aliphatic heterocycles. The van der Waals surface area contributed by atoms with Crippen molar-refractivity contribution in [3.63, 3.8) is 0 Å². The largest absolute Gasteiger partial charge is 0.497 e. The Kier molecular flexibility index (Phi) is 4.90. The highest BCUT2D eigenvalue weighted by Gasteiger charge is 2.15. The van der Waals surface area contributed by atoms with E-state index in [4.69, 9.17) is 4.74 Å². The van der Waals surface area contributed by atoms with Crippen molar-refractivity contribution in [2.45, 2.75) is 6.92 Å². The number of amides is 1. The van der Waals surface area contributed by atoms with Gasteiger partial charge in [0.1, 0.15) is 22.7 Å². The van der Waals surface area contributed by atoms with E-state index < -0.39 is 0 Å². The summed E-state index contributed by atoms with van der Waals surface area (Å²) in [6.07, 6.45) is 1.54. The lowest BCUT2D eigenvalue weighted by atomic mass is 10.3. The van der Waals surface area contributed by atoms with Gasteiger partial charge in [0.25, 0.3) is 0 Å². The first-order valence-electron chi connectivity index (χ1n) is 7.58. The van der Waals surface area contributed by atoms with Crippen LogP contribution in [0.4, 0.5) is 11.5 Å². The van der Waals surface area contributed by atoms with E-state index in [9.17, 15) is 4.79 Å². The number of benzene rings is 1. The number of ether oxygens (including phenoxy) is 1. The van der Waals surface area contributed by atoms with Gasteiger partial charge in [-0.3, -0.25) is 4.79 Å². The second-order valence-corrected chi connectivity index (χ2v) is 6.02. The van der Waals surface area contributed by atoms with Gasteiger partial charge in [-0.25, -0.2) is 9.97 Å². The third kappa shape index (κ3) is 3.46. The average Bonchev–Trinajstić information content (AvgIpc) is 3.09. The highest BCUT2D eigenvalue weighted by Crippen LogP contribution is 2.26. The Bertz CT molecular complexity index is 832. The van der Waals surface area contributed by atoms with E-state index in [0.717, 1.165) is 27.5 Å². The van der Waals surface area contributed by atoms with E-state index in [1.165, 1.54) is 6.33 Å². The molecule has 3 aromatic rings. The number of fused-ring (bicyclic) bond motifs is 1. The molecule has 24 heavy (non-hydrogen) atoms. The Hall–Kier alpha value is -2.67. The van der Waals surface area contributed by atoms with Crippen molar-refractivity contribution in [3.8, 4) is 5.75 Å². The molecule has 0 fully saturated rings. The van der Waals surface area contributed by atoms with Crippen LogP contribution in [0.3, 0.4) is 0 Å². The molecule has 6 nitrogen and oxygen atoms in total. The molecule has 0 aliphatic rings. The first-order chi connectivity index (χ1) is 11.7. The van der Waals surface area contributed by atoms with Gasteiger partial charge in [0, 0.05) is 12.2 Å². The van der Waals surface area contributed by atoms with Crippen molar-refractivity contribution in [1.82, 2.24) is 9.97 Å². The van der Waals surface area contributed by atoms with Crippen molar-refractivity contribution in [1.29, 1.82) is 0 Å². The van der Waals surface area contributed by atoms with Crippen LogP contribution in [0.1, 0.15) is 6.92 Å². The number of carbonyl (C=O) groups is 1. The number of nitrogens with zero attached hydrogens (tertiary/aromatic N) is 3. The lowest BCUT2D eigenvalue weighted by Crippen LogP contribution is -2.33. The van der Waals surface area contributed by atoms with Crippen LogP contribution in [-0.4, -0.2) is 36.1 Å². The zero-order valence-corrected chi connectivity index (χ0v) is 14.3. The SMILES string of the molecule is CCN(CC(=O)Nc1ccc(OC)cc1)c1ncnc2sccc12. The molecule has 0 spiro atoms. The van der Waals surface area contributed by atoms with Crippen molar-refractivity contribution < 1.29 is 9.53 Å². The number of thiophene rings is 1. The first-order valence-corrected chi connectivity index (χ1v) is 8.46. The van der Waals surface area contributed by atoms with Crippen molar-refractivity contribution >= 4 is 39.0 Å². The van der Waals surface area contributed by atoms with E-state index in [1.54, 1.807) is 18.4 Å². The molecule has 7 heteroatoms. The zero-order chi connectivity index (χ0) is 16.9. The summed E-state index contributed by atoms with van der Waals surface area (Å²) in [5.74, 6) is 1.45. The number of likely N-dealkylation sites (N-methyl/N-ethyl adjacent to an activating group) is 1. The summed E-state index contributed by atoms with van der Waals surface area (Å²) in [6, 6.07) is 9.24. The Morgan fingerprint density at radius 2 is 2.04 bits per heavy atom. The number of methoxy groups -OCH3 is 1. The van der Waals surface area contributed by atoms with Crippen LogP contribution in [0.5, 0.6) is 5.75 Å². The molecule has 0 unspecified atom stereocenters. The minimum absolute atomic E-state index is 0.0935. The second kappa shape index (κ2) is 7.27. The van der Waals surface area contributed by atoms with E-state index in [1.807, 2.05) is 47.5 Å². The molecule has 1 aromatic carbocycles. The Balaban J connectivity index is 1.72. The third-order valence-electron chi connectivity index (χ3n) is 3.63. The molecule has 0 atom stereocenters. The van der Waals surface area contributed by atoms with Gasteiger partial charge >= 0.3 is 0 Å². The van der Waals surface area contributed by atoms with E-state index in [0.29, 0.717) is 6.54 Å². The van der Waals surface area contributed by atoms with Gasteiger partial charge in [0.05, 0.1) is 19.0 Å². The number of aromatic nitrogens is 2. The molecular weight excluding hydrogens is 324 g/mol. The summed E-state index contributed by atoms with van der Waals surface area (Å²) >= 11 is 1.56. The van der Waals surface area contributed by atoms with Gasteiger partial charge in [0.2, 0.25) is 5.91 Å². The van der Waals surface area contributed by atoms with Gasteiger partial charge in [0.15, 0.2) is 0 Å². The van der Waals surface area contributed by atoms with E-state index >= 15 is 0 Å². The molecule has 1 N–H and O–H groups in total. The molecular formula is C17H18N4O2S. The average molecular weight is 342 g/mol. The fraction of sp³-hybridized carbons (Fsp3) is 0.235. The van der Waals surface area contributed by atoms with Crippen LogP contribution < -0.4 is 15.0 Å². The highest BCUT2D eigenvalue weighted by atomic mass is 32.1. The summed E-state index contributed by atoms with van der Waals surface area (Å²) < 4.78 is 5.11. The Labute approximate surface area is 144 Å². The van der Waals surface area contributed by atoms with Gasteiger partial charge in [-0.1, -0.05) is 0 Å². The van der Waals surface area contributed by atoms with Crippen LogP contribution in [0.2, 0.25) is 0 Å². The number of nitrogens with one attached hydrogen (secondary N) is 1. The predicted octanol–water partition coefficient (Wildman–Crippen LogP) is 3.16. The molecule has 0 aliphatic carbocycles. The summed E-state index contributed by atoms with van der Waals surface area (Å²) in [5, 5.41) is 5.85. The smallest absolute Gasteiger partial charge is 0.243 e. The zero-order valence-electron chi connectivity index (χ0n) is 13.5. The molecule has 3 rings (SSSR count). The van der Waals surface area contributed by atoms with Crippen molar-refractivity contribution in [3.05, 3.63) is 42.0 Å². The molecule has 2 aromatic heterocycles. The van der Waals surface area contributed by atoms with Crippen LogP contribution in [0.15, 0.2) is 42.0 Å².